The minimum absolute atomic E-state index is 0.0287. The molecule has 6 nitrogen and oxygen atoms in total. The quantitative estimate of drug-likeness (QED) is 0.840. The second kappa shape index (κ2) is 7.00. The van der Waals surface area contributed by atoms with Gasteiger partial charge in [-0.3, -0.25) is 4.79 Å². The summed E-state index contributed by atoms with van der Waals surface area (Å²) in [5, 5.41) is 21.1. The van der Waals surface area contributed by atoms with E-state index in [4.69, 9.17) is 16.7 Å². The van der Waals surface area contributed by atoms with Crippen LogP contribution in [-0.4, -0.2) is 31.3 Å². The Kier molecular flexibility index (Phi) is 5.30. The van der Waals surface area contributed by atoms with E-state index in [-0.39, 0.29) is 12.3 Å². The lowest BCUT2D eigenvalue weighted by molar-refractivity contribution is -0.138. The van der Waals surface area contributed by atoms with Gasteiger partial charge in [-0.2, -0.15) is 0 Å². The third-order valence-corrected chi connectivity index (χ3v) is 3.98. The van der Waals surface area contributed by atoms with Crippen LogP contribution in [0.4, 0.5) is 0 Å². The van der Waals surface area contributed by atoms with Gasteiger partial charge in [0, 0.05) is 23.0 Å². The van der Waals surface area contributed by atoms with E-state index in [9.17, 15) is 4.79 Å². The molecule has 8 heteroatoms. The van der Waals surface area contributed by atoms with Crippen LogP contribution in [0.1, 0.15) is 19.8 Å². The Morgan fingerprint density at radius 2 is 2.29 bits per heavy atom. The number of hydrogen-bond acceptors (Lipinski definition) is 4. The number of carboxylic acid groups (broad SMARTS) is 1. The van der Waals surface area contributed by atoms with Gasteiger partial charge in [-0.25, -0.2) is 4.68 Å². The van der Waals surface area contributed by atoms with Gasteiger partial charge >= 0.3 is 5.97 Å². The van der Waals surface area contributed by atoms with Crippen LogP contribution >= 0.6 is 27.5 Å². The molecule has 2 rings (SSSR count). The fourth-order valence-corrected chi connectivity index (χ4v) is 2.78. The number of aliphatic carboxylic acids is 1. The van der Waals surface area contributed by atoms with Crippen molar-refractivity contribution >= 4 is 33.5 Å². The molecule has 0 radical (unpaired) electrons. The van der Waals surface area contributed by atoms with Crippen LogP contribution < -0.4 is 0 Å². The number of tetrazole rings is 1. The first-order valence-electron chi connectivity index (χ1n) is 6.44. The zero-order valence-electron chi connectivity index (χ0n) is 11.3. The lowest BCUT2D eigenvalue weighted by Crippen LogP contribution is -2.16. The third-order valence-electron chi connectivity index (χ3n) is 3.18. The number of aromatic nitrogens is 4. The van der Waals surface area contributed by atoms with Gasteiger partial charge in [0.05, 0.1) is 5.02 Å². The Morgan fingerprint density at radius 1 is 1.52 bits per heavy atom. The minimum Gasteiger partial charge on any atom is -0.481 e. The molecule has 1 aromatic heterocycles. The number of rotatable bonds is 6. The number of nitrogens with zero attached hydrogens (tertiary/aromatic N) is 4. The first-order valence-corrected chi connectivity index (χ1v) is 7.61. The number of carbonyl (C=O) groups is 1. The fourth-order valence-electron chi connectivity index (χ4n) is 2.02. The molecule has 21 heavy (non-hydrogen) atoms. The fraction of sp³-hybridized carbons (Fsp3) is 0.385. The highest BCUT2D eigenvalue weighted by atomic mass is 79.9. The van der Waals surface area contributed by atoms with E-state index in [1.54, 1.807) is 10.7 Å². The summed E-state index contributed by atoms with van der Waals surface area (Å²) in [6.07, 6.45) is 0.823. The van der Waals surface area contributed by atoms with Crippen molar-refractivity contribution in [3.8, 4) is 11.4 Å². The molecule has 0 amide bonds. The Bertz CT molecular complexity index is 647. The number of hydrogen-bond donors (Lipinski definition) is 1. The van der Waals surface area contributed by atoms with E-state index >= 15 is 0 Å². The maximum Gasteiger partial charge on any atom is 0.303 e. The minimum atomic E-state index is -0.821. The highest BCUT2D eigenvalue weighted by Gasteiger charge is 2.18. The molecule has 1 unspecified atom stereocenters. The molecule has 112 valence electrons. The zero-order valence-corrected chi connectivity index (χ0v) is 13.7. The summed E-state index contributed by atoms with van der Waals surface area (Å²) in [6, 6.07) is 5.45. The van der Waals surface area contributed by atoms with Crippen molar-refractivity contribution in [3.05, 3.63) is 27.7 Å². The average Bonchev–Trinajstić information content (AvgIpc) is 2.85. The van der Waals surface area contributed by atoms with Gasteiger partial charge in [-0.15, -0.1) is 5.10 Å². The summed E-state index contributed by atoms with van der Waals surface area (Å²) in [4.78, 5) is 10.9. The molecular weight excluding hydrogens is 360 g/mol. The Labute approximate surface area is 135 Å². The molecule has 0 aliphatic heterocycles. The summed E-state index contributed by atoms with van der Waals surface area (Å²) in [6.45, 7) is 2.39. The number of halogens is 2. The molecule has 0 aliphatic carbocycles. The van der Waals surface area contributed by atoms with Crippen molar-refractivity contribution in [2.75, 3.05) is 0 Å². The smallest absolute Gasteiger partial charge is 0.303 e. The molecule has 1 heterocycles. The molecular formula is C13H14BrClN4O2. The largest absolute Gasteiger partial charge is 0.481 e. The van der Waals surface area contributed by atoms with Crippen LogP contribution in [-0.2, 0) is 11.3 Å². The zero-order chi connectivity index (χ0) is 15.4. The topological polar surface area (TPSA) is 80.9 Å². The van der Waals surface area contributed by atoms with Crippen molar-refractivity contribution in [1.82, 2.24) is 20.2 Å². The van der Waals surface area contributed by atoms with E-state index in [1.807, 2.05) is 19.1 Å². The van der Waals surface area contributed by atoms with E-state index in [0.717, 1.165) is 16.5 Å². The van der Waals surface area contributed by atoms with Gasteiger partial charge < -0.3 is 5.11 Å². The molecule has 0 saturated heterocycles. The highest BCUT2D eigenvalue weighted by molar-refractivity contribution is 9.10. The molecule has 1 aromatic carbocycles. The SMILES string of the molecule is CCC(CC(=O)O)Cn1nnnc1-c1ccc(Br)cc1Cl. The second-order valence-corrected chi connectivity index (χ2v) is 6.00. The van der Waals surface area contributed by atoms with Gasteiger partial charge in [0.25, 0.3) is 0 Å². The molecule has 0 spiro atoms. The normalized spacial score (nSPS) is 12.3. The molecule has 1 N–H and O–H groups in total. The molecule has 0 saturated carbocycles. The van der Waals surface area contributed by atoms with E-state index in [2.05, 4.69) is 31.5 Å². The summed E-state index contributed by atoms with van der Waals surface area (Å²) >= 11 is 9.56. The summed E-state index contributed by atoms with van der Waals surface area (Å²) in [5.41, 5.74) is 0.718. The number of carboxylic acids is 1. The van der Waals surface area contributed by atoms with Crippen LogP contribution in [0.25, 0.3) is 11.4 Å². The Morgan fingerprint density at radius 3 is 2.90 bits per heavy atom. The first-order chi connectivity index (χ1) is 10.0. The van der Waals surface area contributed by atoms with Crippen molar-refractivity contribution in [2.24, 2.45) is 5.92 Å². The molecule has 0 aliphatic rings. The van der Waals surface area contributed by atoms with E-state index in [1.165, 1.54) is 0 Å². The van der Waals surface area contributed by atoms with Gasteiger partial charge in [0.2, 0.25) is 0 Å². The second-order valence-electron chi connectivity index (χ2n) is 4.68. The van der Waals surface area contributed by atoms with Crippen molar-refractivity contribution < 1.29 is 9.90 Å². The maximum absolute atomic E-state index is 10.9. The van der Waals surface area contributed by atoms with Crippen molar-refractivity contribution in [2.45, 2.75) is 26.3 Å². The summed E-state index contributed by atoms with van der Waals surface area (Å²) in [7, 11) is 0. The van der Waals surface area contributed by atoms with Gasteiger partial charge in [0.15, 0.2) is 5.82 Å². The van der Waals surface area contributed by atoms with Crippen LogP contribution in [0.2, 0.25) is 5.02 Å². The Balaban J connectivity index is 2.27. The summed E-state index contributed by atoms with van der Waals surface area (Å²) < 4.78 is 2.47. The standard InChI is InChI=1S/C13H14BrClN4O2/c1-2-8(5-12(20)21)7-19-13(16-17-18-19)10-4-3-9(14)6-11(10)15/h3-4,6,8H,2,5,7H2,1H3,(H,20,21). The summed E-state index contributed by atoms with van der Waals surface area (Å²) in [5.74, 6) is -0.312. The average molecular weight is 374 g/mol. The lowest BCUT2D eigenvalue weighted by Gasteiger charge is -2.13. The van der Waals surface area contributed by atoms with Crippen LogP contribution in [0.15, 0.2) is 22.7 Å². The van der Waals surface area contributed by atoms with E-state index < -0.39 is 5.97 Å². The molecule has 0 bridgehead atoms. The van der Waals surface area contributed by atoms with Crippen LogP contribution in [0.3, 0.4) is 0 Å². The predicted molar refractivity (Wildman–Crippen MR) is 82.0 cm³/mol. The monoisotopic (exact) mass is 372 g/mol. The Hall–Kier alpha value is -1.47. The van der Waals surface area contributed by atoms with Crippen molar-refractivity contribution in [3.63, 3.8) is 0 Å². The van der Waals surface area contributed by atoms with Gasteiger partial charge in [-0.1, -0.05) is 40.9 Å². The van der Waals surface area contributed by atoms with Gasteiger partial charge in [-0.05, 0) is 34.5 Å². The predicted octanol–water partition coefficient (Wildman–Crippen LogP) is 3.26. The van der Waals surface area contributed by atoms with E-state index in [0.29, 0.717) is 17.4 Å². The molecule has 0 fully saturated rings. The third kappa shape index (κ3) is 4.01. The van der Waals surface area contributed by atoms with Crippen molar-refractivity contribution in [1.29, 1.82) is 0 Å². The van der Waals surface area contributed by atoms with Crippen LogP contribution in [0.5, 0.6) is 0 Å². The highest BCUT2D eigenvalue weighted by Crippen LogP contribution is 2.29. The van der Waals surface area contributed by atoms with Crippen LogP contribution in [0, 0.1) is 5.92 Å². The molecule has 1 atom stereocenters. The molecule has 2 aromatic rings. The van der Waals surface area contributed by atoms with Gasteiger partial charge in [0.1, 0.15) is 0 Å². The number of benzene rings is 1. The maximum atomic E-state index is 10.9. The first kappa shape index (κ1) is 15.9. The lowest BCUT2D eigenvalue weighted by atomic mass is 10.0.